The van der Waals surface area contributed by atoms with E-state index in [0.29, 0.717) is 24.0 Å². The molecule has 1 fully saturated rings. The summed E-state index contributed by atoms with van der Waals surface area (Å²) in [6, 6.07) is 7.70. The first-order chi connectivity index (χ1) is 12.2. The Morgan fingerprint density at radius 1 is 1.36 bits per heavy atom. The van der Waals surface area contributed by atoms with Crippen molar-refractivity contribution in [1.29, 1.82) is 0 Å². The summed E-state index contributed by atoms with van der Waals surface area (Å²) in [5.41, 5.74) is 1.10. The van der Waals surface area contributed by atoms with E-state index >= 15 is 0 Å². The number of carbonyl (C=O) groups excluding carboxylic acids is 1. The molecule has 1 atom stereocenters. The molecular formula is C18H22N4O3. The molecule has 3 rings (SSSR count). The molecule has 0 bridgehead atoms. The number of benzene rings is 1. The van der Waals surface area contributed by atoms with Gasteiger partial charge in [-0.15, -0.1) is 0 Å². The normalized spacial score (nSPS) is 16.6. The highest BCUT2D eigenvalue weighted by Crippen LogP contribution is 2.25. The highest BCUT2D eigenvalue weighted by Gasteiger charge is 2.27. The van der Waals surface area contributed by atoms with Crippen molar-refractivity contribution >= 4 is 11.7 Å². The smallest absolute Gasteiger partial charge is 0.258 e. The maximum Gasteiger partial charge on any atom is 0.258 e. The van der Waals surface area contributed by atoms with E-state index in [9.17, 15) is 4.79 Å². The topological polar surface area (TPSA) is 76.6 Å². The van der Waals surface area contributed by atoms with Gasteiger partial charge in [-0.3, -0.25) is 4.79 Å². The van der Waals surface area contributed by atoms with Gasteiger partial charge in [0.05, 0.1) is 7.11 Å². The van der Waals surface area contributed by atoms with Gasteiger partial charge in [-0.1, -0.05) is 12.1 Å². The molecule has 1 amide bonds. The Morgan fingerprint density at radius 3 is 3.00 bits per heavy atom. The standard InChI is InChI=1S/C18H22N4O3/c1-13-4-3-5-15(10-13)25-12-16(23)21-14-6-9-22(11-14)17-18(24-2)20-8-7-19-17/h3-5,7-8,10,14H,6,9,11-12H2,1-2H3,(H,21,23)/t14-/m1/s1. The van der Waals surface area contributed by atoms with Crippen molar-refractivity contribution in [2.75, 3.05) is 31.7 Å². The van der Waals surface area contributed by atoms with E-state index < -0.39 is 0 Å². The van der Waals surface area contributed by atoms with Crippen LogP contribution in [0.25, 0.3) is 0 Å². The molecule has 1 aliphatic heterocycles. The van der Waals surface area contributed by atoms with Gasteiger partial charge in [0.25, 0.3) is 11.8 Å². The van der Waals surface area contributed by atoms with Gasteiger partial charge in [-0.25, -0.2) is 9.97 Å². The molecule has 0 saturated carbocycles. The summed E-state index contributed by atoms with van der Waals surface area (Å²) in [7, 11) is 1.57. The third-order valence-corrected chi connectivity index (χ3v) is 4.05. The number of anilines is 1. The second-order valence-corrected chi connectivity index (χ2v) is 5.99. The number of hydrogen-bond donors (Lipinski definition) is 1. The predicted octanol–water partition coefficient (Wildman–Crippen LogP) is 1.57. The summed E-state index contributed by atoms with van der Waals surface area (Å²) in [4.78, 5) is 22.7. The molecule has 0 unspecified atom stereocenters. The van der Waals surface area contributed by atoms with Crippen LogP contribution in [0.5, 0.6) is 11.6 Å². The van der Waals surface area contributed by atoms with E-state index in [0.717, 1.165) is 18.5 Å². The lowest BCUT2D eigenvalue weighted by molar-refractivity contribution is -0.123. The Labute approximate surface area is 147 Å². The van der Waals surface area contributed by atoms with Gasteiger partial charge >= 0.3 is 0 Å². The second-order valence-electron chi connectivity index (χ2n) is 5.99. The van der Waals surface area contributed by atoms with Crippen LogP contribution in [0.1, 0.15) is 12.0 Å². The van der Waals surface area contributed by atoms with Gasteiger partial charge in [-0.2, -0.15) is 0 Å². The van der Waals surface area contributed by atoms with Crippen LogP contribution in [0, 0.1) is 6.92 Å². The van der Waals surface area contributed by atoms with Crippen LogP contribution in [-0.4, -0.2) is 48.7 Å². The second kappa shape index (κ2) is 7.83. The third-order valence-electron chi connectivity index (χ3n) is 4.05. The van der Waals surface area contributed by atoms with Gasteiger partial charge in [0, 0.05) is 31.5 Å². The molecule has 0 aliphatic carbocycles. The number of aromatic nitrogens is 2. The van der Waals surface area contributed by atoms with Gasteiger partial charge in [0.2, 0.25) is 0 Å². The van der Waals surface area contributed by atoms with Crippen molar-refractivity contribution in [3.63, 3.8) is 0 Å². The molecule has 1 aromatic heterocycles. The summed E-state index contributed by atoms with van der Waals surface area (Å²) in [5.74, 6) is 1.78. The predicted molar refractivity (Wildman–Crippen MR) is 94.0 cm³/mol. The first-order valence-electron chi connectivity index (χ1n) is 8.24. The van der Waals surface area contributed by atoms with Crippen molar-refractivity contribution in [3.05, 3.63) is 42.2 Å². The van der Waals surface area contributed by atoms with Crippen LogP contribution in [0.15, 0.2) is 36.7 Å². The van der Waals surface area contributed by atoms with Gasteiger partial charge in [0.1, 0.15) is 5.75 Å². The van der Waals surface area contributed by atoms with E-state index in [1.165, 1.54) is 0 Å². The zero-order valence-corrected chi connectivity index (χ0v) is 14.4. The number of ether oxygens (including phenoxy) is 2. The number of aryl methyl sites for hydroxylation is 1. The van der Waals surface area contributed by atoms with Crippen molar-refractivity contribution in [1.82, 2.24) is 15.3 Å². The summed E-state index contributed by atoms with van der Waals surface area (Å²) < 4.78 is 10.8. The lowest BCUT2D eigenvalue weighted by atomic mass is 10.2. The zero-order chi connectivity index (χ0) is 17.6. The average Bonchev–Trinajstić information content (AvgIpc) is 3.08. The molecule has 7 nitrogen and oxygen atoms in total. The molecular weight excluding hydrogens is 320 g/mol. The minimum Gasteiger partial charge on any atom is -0.484 e. The molecule has 1 saturated heterocycles. The molecule has 1 N–H and O–H groups in total. The summed E-state index contributed by atoms with van der Waals surface area (Å²) in [6.07, 6.45) is 4.08. The van der Waals surface area contributed by atoms with Gasteiger partial charge in [-0.05, 0) is 31.0 Å². The molecule has 25 heavy (non-hydrogen) atoms. The van der Waals surface area contributed by atoms with E-state index in [2.05, 4.69) is 20.2 Å². The minimum absolute atomic E-state index is 0.00835. The lowest BCUT2D eigenvalue weighted by Gasteiger charge is -2.19. The fraction of sp³-hybridized carbons (Fsp3) is 0.389. The maximum atomic E-state index is 12.1. The van der Waals surface area contributed by atoms with Crippen LogP contribution in [0.3, 0.4) is 0 Å². The van der Waals surface area contributed by atoms with E-state index in [1.807, 2.05) is 31.2 Å². The summed E-state index contributed by atoms with van der Waals surface area (Å²) in [5, 5.41) is 3.01. The first-order valence-corrected chi connectivity index (χ1v) is 8.24. The van der Waals surface area contributed by atoms with E-state index in [-0.39, 0.29) is 18.6 Å². The monoisotopic (exact) mass is 342 g/mol. The van der Waals surface area contributed by atoms with E-state index in [4.69, 9.17) is 9.47 Å². The number of hydrogen-bond acceptors (Lipinski definition) is 6. The van der Waals surface area contributed by atoms with Crippen LogP contribution in [0.2, 0.25) is 0 Å². The lowest BCUT2D eigenvalue weighted by Crippen LogP contribution is -2.39. The van der Waals surface area contributed by atoms with E-state index in [1.54, 1.807) is 19.5 Å². The number of amides is 1. The van der Waals surface area contributed by atoms with Crippen molar-refractivity contribution in [2.45, 2.75) is 19.4 Å². The van der Waals surface area contributed by atoms with Crippen molar-refractivity contribution in [3.8, 4) is 11.6 Å². The number of nitrogens with one attached hydrogen (secondary N) is 1. The van der Waals surface area contributed by atoms with Crippen LogP contribution in [-0.2, 0) is 4.79 Å². The molecule has 0 spiro atoms. The Balaban J connectivity index is 1.50. The molecule has 2 aromatic rings. The third kappa shape index (κ3) is 4.37. The van der Waals surface area contributed by atoms with Gasteiger partial charge < -0.3 is 19.7 Å². The fourth-order valence-corrected chi connectivity index (χ4v) is 2.87. The van der Waals surface area contributed by atoms with Crippen molar-refractivity contribution < 1.29 is 14.3 Å². The quantitative estimate of drug-likeness (QED) is 0.859. The van der Waals surface area contributed by atoms with Crippen molar-refractivity contribution in [2.24, 2.45) is 0 Å². The van der Waals surface area contributed by atoms with Crippen LogP contribution >= 0.6 is 0 Å². The SMILES string of the molecule is COc1nccnc1N1CC[C@@H](NC(=O)COc2cccc(C)c2)C1. The van der Waals surface area contributed by atoms with Crippen LogP contribution in [0.4, 0.5) is 5.82 Å². The minimum atomic E-state index is -0.125. The average molecular weight is 342 g/mol. The molecule has 2 heterocycles. The Kier molecular flexibility index (Phi) is 5.33. The number of methoxy groups -OCH3 is 1. The maximum absolute atomic E-state index is 12.1. The molecule has 1 aliphatic rings. The molecule has 0 radical (unpaired) electrons. The Bertz CT molecular complexity index is 738. The zero-order valence-electron chi connectivity index (χ0n) is 14.4. The Hall–Kier alpha value is -2.83. The molecule has 7 heteroatoms. The number of nitrogens with zero attached hydrogens (tertiary/aromatic N) is 3. The largest absolute Gasteiger partial charge is 0.484 e. The first kappa shape index (κ1) is 17.0. The van der Waals surface area contributed by atoms with Gasteiger partial charge in [0.15, 0.2) is 12.4 Å². The summed E-state index contributed by atoms with van der Waals surface area (Å²) in [6.45, 7) is 3.46. The fourth-order valence-electron chi connectivity index (χ4n) is 2.87. The number of rotatable bonds is 6. The number of carbonyl (C=O) groups is 1. The van der Waals surface area contributed by atoms with Crippen LogP contribution < -0.4 is 19.7 Å². The molecule has 132 valence electrons. The summed E-state index contributed by atoms with van der Waals surface area (Å²) >= 11 is 0. The Morgan fingerprint density at radius 2 is 2.20 bits per heavy atom. The molecule has 1 aromatic carbocycles. The highest BCUT2D eigenvalue weighted by atomic mass is 16.5. The highest BCUT2D eigenvalue weighted by molar-refractivity contribution is 5.78.